The van der Waals surface area contributed by atoms with Crippen molar-refractivity contribution >= 4 is 8.41 Å². The van der Waals surface area contributed by atoms with Crippen molar-refractivity contribution in [2.24, 2.45) is 0 Å². The third kappa shape index (κ3) is 46.7. The van der Waals surface area contributed by atoms with Crippen LogP contribution < -0.4 is 0 Å². The van der Waals surface area contributed by atoms with Crippen molar-refractivity contribution < 1.29 is 0 Å². The van der Waals surface area contributed by atoms with Gasteiger partial charge in [-0.3, -0.25) is 0 Å². The Morgan fingerprint density at radius 1 is 1.50 bits per heavy atom. The molecule has 1 heteroatoms. The minimum Gasteiger partial charge on any atom is -0.133 e. The van der Waals surface area contributed by atoms with Gasteiger partial charge in [-0.2, -0.15) is 0 Å². The third-order valence-electron chi connectivity index (χ3n) is 0.348. The van der Waals surface area contributed by atoms with Crippen LogP contribution in [0.1, 0.15) is 27.2 Å². The molecule has 3 radical (unpaired) electrons. The molecule has 0 saturated carbocycles. The predicted molar refractivity (Wildman–Crippen MR) is 41.1 cm³/mol. The lowest BCUT2D eigenvalue weighted by Gasteiger charge is -1.59. The zero-order chi connectivity index (χ0) is 6.12. The highest BCUT2D eigenvalue weighted by Gasteiger charge is 1.49. The summed E-state index contributed by atoms with van der Waals surface area (Å²) in [6.45, 7) is 9.42. The average Bonchev–Trinajstić information content (AvgIpc) is 1.75. The van der Waals surface area contributed by atoms with E-state index in [1.165, 1.54) is 0 Å². The number of hydrogen-bond donors (Lipinski definition) is 0. The first-order valence-corrected chi connectivity index (χ1v) is 2.76. The quantitative estimate of drug-likeness (QED) is 0.358. The molecule has 45 valence electrons. The molecule has 0 heterocycles. The van der Waals surface area contributed by atoms with E-state index in [1.54, 1.807) is 0 Å². The summed E-state index contributed by atoms with van der Waals surface area (Å²) in [5, 5.41) is 0. The van der Waals surface area contributed by atoms with Crippen molar-refractivity contribution in [1.82, 2.24) is 0 Å². The lowest BCUT2D eigenvalue weighted by atomic mass is 10.5. The minimum absolute atomic E-state index is 0. The highest BCUT2D eigenvalue weighted by atomic mass is 13.6. The Balaban J connectivity index is -0.0000000750. The predicted octanol–water partition coefficient (Wildman–Crippen LogP) is 2.38. The van der Waals surface area contributed by atoms with E-state index < -0.39 is 0 Å². The first kappa shape index (κ1) is 15.6. The largest absolute Gasteiger partial charge is 0.133 e. The van der Waals surface area contributed by atoms with Crippen molar-refractivity contribution in [2.75, 3.05) is 0 Å². The molecule has 0 rings (SSSR count). The molecule has 0 N–H and O–H groups in total. The average molecular weight is 109 g/mol. The van der Waals surface area contributed by atoms with Crippen molar-refractivity contribution in [3.8, 4) is 0 Å². The van der Waals surface area contributed by atoms with E-state index in [4.69, 9.17) is 0 Å². The van der Waals surface area contributed by atoms with Crippen LogP contribution >= 0.6 is 0 Å². The number of hydrogen-bond acceptors (Lipinski definition) is 0. The molecule has 0 bridgehead atoms. The van der Waals surface area contributed by atoms with Gasteiger partial charge < -0.3 is 0 Å². The molecule has 0 fully saturated rings. The molecule has 0 spiro atoms. The summed E-state index contributed by atoms with van der Waals surface area (Å²) in [5.74, 6) is 0. The van der Waals surface area contributed by atoms with E-state index >= 15 is 0 Å². The molecule has 0 aliphatic carbocycles. The second-order valence-corrected chi connectivity index (χ2v) is 0.816. The lowest BCUT2D eigenvalue weighted by molar-refractivity contribution is 1.23. The zero-order valence-corrected chi connectivity index (χ0v) is 6.07. The number of allylic oxidation sites excluding steroid dienone is 1. The molecule has 0 nitrogen and oxygen atoms in total. The van der Waals surface area contributed by atoms with E-state index in [9.17, 15) is 0 Å². The Morgan fingerprint density at radius 3 is 1.88 bits per heavy atom. The summed E-state index contributed by atoms with van der Waals surface area (Å²) < 4.78 is 0. The number of rotatable bonds is 1. The van der Waals surface area contributed by atoms with Gasteiger partial charge in [0, 0.05) is 8.41 Å². The normalized spacial score (nSPS) is 4.38. The third-order valence-corrected chi connectivity index (χ3v) is 0.348. The van der Waals surface area contributed by atoms with Gasteiger partial charge in [-0.15, -0.1) is 5.73 Å². The molecular formula is C7H14B. The molecule has 0 aromatic rings. The van der Waals surface area contributed by atoms with Crippen molar-refractivity contribution in [2.45, 2.75) is 27.2 Å². The van der Waals surface area contributed by atoms with E-state index in [1.807, 2.05) is 19.9 Å². The monoisotopic (exact) mass is 109 g/mol. The second kappa shape index (κ2) is 30.7. The smallest absolute Gasteiger partial charge is 0 e. The van der Waals surface area contributed by atoms with E-state index in [2.05, 4.69) is 19.2 Å². The summed E-state index contributed by atoms with van der Waals surface area (Å²) >= 11 is 0. The molecule has 0 amide bonds. The Kier molecular flexibility index (Phi) is 60.1. The summed E-state index contributed by atoms with van der Waals surface area (Å²) in [6.07, 6.45) is 2.93. The Bertz CT molecular complexity index is 51.4. The molecule has 0 aromatic heterocycles. The fraction of sp³-hybridized carbons (Fsp3) is 0.571. The van der Waals surface area contributed by atoms with Crippen LogP contribution in [0, 0.1) is 0 Å². The first-order chi connectivity index (χ1) is 3.41. The highest BCUT2D eigenvalue weighted by Crippen LogP contribution is 1.69. The Morgan fingerprint density at radius 2 is 1.88 bits per heavy atom. The molecule has 0 aliphatic heterocycles. The summed E-state index contributed by atoms with van der Waals surface area (Å²) in [4.78, 5) is 0. The van der Waals surface area contributed by atoms with Crippen LogP contribution in [0.2, 0.25) is 0 Å². The van der Waals surface area contributed by atoms with Crippen molar-refractivity contribution in [1.29, 1.82) is 0 Å². The lowest BCUT2D eigenvalue weighted by Crippen LogP contribution is -1.39. The maximum absolute atomic E-state index is 3.37. The fourth-order valence-electron chi connectivity index (χ4n) is 0.144. The molecule has 0 atom stereocenters. The van der Waals surface area contributed by atoms with Crippen LogP contribution in [0.3, 0.4) is 0 Å². The van der Waals surface area contributed by atoms with Crippen LogP contribution in [0.15, 0.2) is 18.4 Å². The Hall–Kier alpha value is -0.415. The van der Waals surface area contributed by atoms with Gasteiger partial charge in [-0.05, 0) is 12.5 Å². The van der Waals surface area contributed by atoms with E-state index in [-0.39, 0.29) is 8.41 Å². The van der Waals surface area contributed by atoms with Gasteiger partial charge in [0.25, 0.3) is 0 Å². The van der Waals surface area contributed by atoms with Gasteiger partial charge >= 0.3 is 0 Å². The molecule has 0 saturated heterocycles. The topological polar surface area (TPSA) is 0 Å². The molecule has 0 aliphatic rings. The zero-order valence-electron chi connectivity index (χ0n) is 6.07. The minimum atomic E-state index is 0. The molecule has 8 heavy (non-hydrogen) atoms. The fourth-order valence-corrected chi connectivity index (χ4v) is 0.144. The van der Waals surface area contributed by atoms with Crippen LogP contribution in [0.5, 0.6) is 0 Å². The van der Waals surface area contributed by atoms with Crippen LogP contribution in [0.4, 0.5) is 0 Å². The summed E-state index contributed by atoms with van der Waals surface area (Å²) in [5.41, 5.74) is 2.64. The SMILES string of the molecule is C=C=CCC.CC.[B]. The summed E-state index contributed by atoms with van der Waals surface area (Å²) in [6, 6.07) is 0. The van der Waals surface area contributed by atoms with Crippen molar-refractivity contribution in [3.63, 3.8) is 0 Å². The van der Waals surface area contributed by atoms with Crippen LogP contribution in [0.25, 0.3) is 0 Å². The van der Waals surface area contributed by atoms with Gasteiger partial charge in [0.1, 0.15) is 0 Å². The van der Waals surface area contributed by atoms with Crippen LogP contribution in [-0.4, -0.2) is 8.41 Å². The standard InChI is InChI=1S/C5H8.C2H6.B/c1-3-5-4-2;1-2;/h5H,1,4H2,2H3;1-2H3;. The van der Waals surface area contributed by atoms with Gasteiger partial charge in [0.05, 0.1) is 0 Å². The highest BCUT2D eigenvalue weighted by molar-refractivity contribution is 5.75. The van der Waals surface area contributed by atoms with Crippen molar-refractivity contribution in [3.05, 3.63) is 18.4 Å². The first-order valence-electron chi connectivity index (χ1n) is 2.76. The molecule has 0 aromatic carbocycles. The molecular weight excluding hydrogens is 94.9 g/mol. The van der Waals surface area contributed by atoms with Gasteiger partial charge in [0.2, 0.25) is 0 Å². The Labute approximate surface area is 54.9 Å². The van der Waals surface area contributed by atoms with Gasteiger partial charge in [-0.25, -0.2) is 0 Å². The van der Waals surface area contributed by atoms with E-state index in [0.29, 0.717) is 0 Å². The van der Waals surface area contributed by atoms with Crippen LogP contribution in [-0.2, 0) is 0 Å². The maximum atomic E-state index is 3.37. The molecule has 0 unspecified atom stereocenters. The second-order valence-electron chi connectivity index (χ2n) is 0.816. The summed E-state index contributed by atoms with van der Waals surface area (Å²) in [7, 11) is 0. The van der Waals surface area contributed by atoms with Gasteiger partial charge in [-0.1, -0.05) is 27.4 Å². The van der Waals surface area contributed by atoms with E-state index in [0.717, 1.165) is 6.42 Å². The maximum Gasteiger partial charge on any atom is 0 e. The van der Waals surface area contributed by atoms with Gasteiger partial charge in [0.15, 0.2) is 0 Å².